The number of rotatable bonds is 6. The lowest BCUT2D eigenvalue weighted by Gasteiger charge is -2.28. The molecule has 1 N–H and O–H groups in total. The van der Waals surface area contributed by atoms with Gasteiger partial charge in [0.1, 0.15) is 10.4 Å². The van der Waals surface area contributed by atoms with Crippen LogP contribution in [0.3, 0.4) is 0 Å². The molecule has 3 rings (SSSR count). The van der Waals surface area contributed by atoms with E-state index in [0.717, 1.165) is 11.1 Å². The normalized spacial score (nSPS) is 15.2. The summed E-state index contributed by atoms with van der Waals surface area (Å²) >= 11 is 2.93. The quantitative estimate of drug-likeness (QED) is 0.649. The van der Waals surface area contributed by atoms with Crippen LogP contribution in [0.1, 0.15) is 11.1 Å². The van der Waals surface area contributed by atoms with Crippen LogP contribution >= 0.6 is 15.9 Å². The summed E-state index contributed by atoms with van der Waals surface area (Å²) in [6.45, 7) is 0.557. The Kier molecular flexibility index (Phi) is 5.80. The summed E-state index contributed by atoms with van der Waals surface area (Å²) in [7, 11) is -5.60. The van der Waals surface area contributed by atoms with Crippen LogP contribution in [0.2, 0.25) is 0 Å². The second-order valence-corrected chi connectivity index (χ2v) is 11.0. The second-order valence-electron chi connectivity index (χ2n) is 6.07. The maximum Gasteiger partial charge on any atom is 0.243 e. The van der Waals surface area contributed by atoms with Gasteiger partial charge in [-0.2, -0.15) is 4.31 Å². The van der Waals surface area contributed by atoms with E-state index in [-0.39, 0.29) is 16.1 Å². The van der Waals surface area contributed by atoms with Crippen molar-refractivity contribution in [1.29, 1.82) is 0 Å². The van der Waals surface area contributed by atoms with Gasteiger partial charge in [0.15, 0.2) is 0 Å². The van der Waals surface area contributed by atoms with Crippen LogP contribution in [0, 0.1) is 0 Å². The van der Waals surface area contributed by atoms with E-state index in [1.807, 2.05) is 6.07 Å². The summed E-state index contributed by atoms with van der Waals surface area (Å²) in [6, 6.07) is 11.5. The molecule has 2 aromatic rings. The minimum atomic E-state index is -3.65. The van der Waals surface area contributed by atoms with E-state index in [9.17, 15) is 16.8 Å². The molecule has 0 saturated heterocycles. The van der Waals surface area contributed by atoms with Gasteiger partial charge in [0.05, 0.1) is 12.0 Å². The van der Waals surface area contributed by atoms with Crippen LogP contribution in [0.5, 0.6) is 5.75 Å². The van der Waals surface area contributed by atoms with E-state index in [1.165, 1.54) is 23.5 Å². The number of fused-ring (bicyclic) bond motifs is 1. The van der Waals surface area contributed by atoms with Crippen molar-refractivity contribution >= 4 is 41.7 Å². The average Bonchev–Trinajstić information content (AvgIpc) is 2.67. The Morgan fingerprint density at radius 3 is 2.41 bits per heavy atom. The number of methoxy groups -OCH3 is 1. The van der Waals surface area contributed by atoms with Crippen molar-refractivity contribution in [2.24, 2.45) is 0 Å². The van der Waals surface area contributed by atoms with Crippen molar-refractivity contribution in [2.45, 2.75) is 17.9 Å². The number of sulfonamides is 2. The molecule has 1 aliphatic rings. The molecule has 2 aromatic carbocycles. The average molecular weight is 475 g/mol. The maximum absolute atomic E-state index is 12.9. The number of halogens is 1. The zero-order valence-electron chi connectivity index (χ0n) is 14.6. The maximum atomic E-state index is 12.9. The summed E-state index contributed by atoms with van der Waals surface area (Å²) in [4.78, 5) is 0.197. The Balaban J connectivity index is 1.85. The van der Waals surface area contributed by atoms with E-state index < -0.39 is 20.0 Å². The highest BCUT2D eigenvalue weighted by Crippen LogP contribution is 2.28. The largest absolute Gasteiger partial charge is 0.497 e. The summed E-state index contributed by atoms with van der Waals surface area (Å²) < 4.78 is 58.0. The van der Waals surface area contributed by atoms with Crippen LogP contribution in [0.25, 0.3) is 0 Å². The predicted octanol–water partition coefficient (Wildman–Crippen LogP) is 2.54. The van der Waals surface area contributed by atoms with Crippen molar-refractivity contribution in [3.8, 4) is 5.75 Å². The third kappa shape index (κ3) is 4.45. The molecule has 10 heteroatoms. The molecule has 1 aliphatic heterocycles. The number of hydrogen-bond acceptors (Lipinski definition) is 5. The predicted molar refractivity (Wildman–Crippen MR) is 107 cm³/mol. The van der Waals surface area contributed by atoms with Gasteiger partial charge >= 0.3 is 0 Å². The van der Waals surface area contributed by atoms with Crippen LogP contribution < -0.4 is 9.46 Å². The van der Waals surface area contributed by atoms with Crippen molar-refractivity contribution < 1.29 is 21.6 Å². The van der Waals surface area contributed by atoms with Crippen LogP contribution in [0.4, 0.5) is 5.69 Å². The van der Waals surface area contributed by atoms with Gasteiger partial charge in [-0.3, -0.25) is 4.72 Å². The standard InChI is InChI=1S/C17H19BrN2O5S2/c1-25-16-4-6-17(7-5-16)27(23,24)20-9-8-13-2-3-15(10-14(13)11-20)19-26(21,22)12-18/h2-7,10,19H,8-9,11-12H2,1H3. The monoisotopic (exact) mass is 474 g/mol. The Morgan fingerprint density at radius 2 is 1.78 bits per heavy atom. The first-order valence-electron chi connectivity index (χ1n) is 8.07. The molecule has 7 nitrogen and oxygen atoms in total. The molecular weight excluding hydrogens is 456 g/mol. The zero-order valence-corrected chi connectivity index (χ0v) is 17.8. The molecule has 0 radical (unpaired) electrons. The molecule has 146 valence electrons. The highest BCUT2D eigenvalue weighted by Gasteiger charge is 2.28. The highest BCUT2D eigenvalue weighted by atomic mass is 79.9. The highest BCUT2D eigenvalue weighted by molar-refractivity contribution is 9.10. The van der Waals surface area contributed by atoms with Crippen molar-refractivity contribution in [1.82, 2.24) is 4.31 Å². The smallest absolute Gasteiger partial charge is 0.243 e. The minimum Gasteiger partial charge on any atom is -0.497 e. The summed E-state index contributed by atoms with van der Waals surface area (Å²) in [5.74, 6) is 0.585. The third-order valence-electron chi connectivity index (χ3n) is 4.30. The van der Waals surface area contributed by atoms with Crippen LogP contribution in [-0.4, -0.2) is 39.5 Å². The number of nitrogens with zero attached hydrogens (tertiary/aromatic N) is 1. The van der Waals surface area contributed by atoms with Crippen molar-refractivity contribution in [3.63, 3.8) is 0 Å². The molecule has 0 aromatic heterocycles. The second kappa shape index (κ2) is 7.78. The molecule has 27 heavy (non-hydrogen) atoms. The van der Waals surface area contributed by atoms with E-state index in [2.05, 4.69) is 20.7 Å². The molecule has 0 atom stereocenters. The first-order chi connectivity index (χ1) is 12.7. The lowest BCUT2D eigenvalue weighted by atomic mass is 10.0. The van der Waals surface area contributed by atoms with Crippen LogP contribution in [0.15, 0.2) is 47.4 Å². The van der Waals surface area contributed by atoms with Gasteiger partial charge in [-0.25, -0.2) is 16.8 Å². The van der Waals surface area contributed by atoms with E-state index >= 15 is 0 Å². The number of anilines is 1. The van der Waals surface area contributed by atoms with E-state index in [4.69, 9.17) is 4.74 Å². The van der Waals surface area contributed by atoms with Crippen molar-refractivity contribution in [3.05, 3.63) is 53.6 Å². The summed E-state index contributed by atoms with van der Waals surface area (Å²) in [5.41, 5.74) is 2.21. The third-order valence-corrected chi connectivity index (χ3v) is 8.80. The zero-order chi connectivity index (χ0) is 19.7. The van der Waals surface area contributed by atoms with Crippen molar-refractivity contribution in [2.75, 3.05) is 23.0 Å². The van der Waals surface area contributed by atoms with Gasteiger partial charge in [-0.05, 0) is 53.9 Å². The van der Waals surface area contributed by atoms with E-state index in [0.29, 0.717) is 24.4 Å². The molecule has 0 unspecified atom stereocenters. The van der Waals surface area contributed by atoms with Gasteiger partial charge in [-0.1, -0.05) is 22.0 Å². The number of hydrogen-bond donors (Lipinski definition) is 1. The van der Waals surface area contributed by atoms with Crippen LogP contribution in [-0.2, 0) is 33.0 Å². The van der Waals surface area contributed by atoms with Gasteiger partial charge < -0.3 is 4.74 Å². The fourth-order valence-electron chi connectivity index (χ4n) is 2.90. The number of alkyl halides is 1. The molecule has 1 heterocycles. The number of nitrogens with one attached hydrogen (secondary N) is 1. The first kappa shape index (κ1) is 20.1. The molecule has 0 spiro atoms. The Hall–Kier alpha value is -1.62. The fraction of sp³-hybridized carbons (Fsp3) is 0.294. The minimum absolute atomic E-state index is 0.188. The topological polar surface area (TPSA) is 92.8 Å². The molecule has 0 fully saturated rings. The Labute approximate surface area is 167 Å². The number of ether oxygens (including phenoxy) is 1. The lowest BCUT2D eigenvalue weighted by molar-refractivity contribution is 0.391. The molecular formula is C17H19BrN2O5S2. The molecule has 0 aliphatic carbocycles. The first-order valence-corrected chi connectivity index (χ1v) is 12.3. The SMILES string of the molecule is COc1ccc(S(=O)(=O)N2CCc3ccc(NS(=O)(=O)CBr)cc3C2)cc1. The van der Waals surface area contributed by atoms with Gasteiger partial charge in [0.2, 0.25) is 20.0 Å². The lowest BCUT2D eigenvalue weighted by Crippen LogP contribution is -2.36. The summed E-state index contributed by atoms with van der Waals surface area (Å²) in [6.07, 6.45) is 0.566. The molecule has 0 bridgehead atoms. The van der Waals surface area contributed by atoms with Gasteiger partial charge in [-0.15, -0.1) is 0 Å². The number of benzene rings is 2. The van der Waals surface area contributed by atoms with E-state index in [1.54, 1.807) is 24.3 Å². The molecule has 0 amide bonds. The van der Waals surface area contributed by atoms with Gasteiger partial charge in [0, 0.05) is 18.8 Å². The Bertz CT molecular complexity index is 1040. The fourth-order valence-corrected chi connectivity index (χ4v) is 5.21. The summed E-state index contributed by atoms with van der Waals surface area (Å²) in [5, 5.41) is 0. The van der Waals surface area contributed by atoms with Gasteiger partial charge in [0.25, 0.3) is 0 Å². The Morgan fingerprint density at radius 1 is 1.07 bits per heavy atom. The molecule has 0 saturated carbocycles.